The lowest BCUT2D eigenvalue weighted by Gasteiger charge is -2.38. The van der Waals surface area contributed by atoms with E-state index in [1.165, 1.54) is 11.0 Å². The Labute approximate surface area is 125 Å². The number of carboxylic acid groups (broad SMARTS) is 1. The average molecular weight is 353 g/mol. The SMILES string of the molecule is CC(c1ccc(Br)c(F)c1Cl)N(C(=O)O)C(C)(C)C. The minimum atomic E-state index is -1.07. The lowest BCUT2D eigenvalue weighted by atomic mass is 9.99. The Bertz CT molecular complexity index is 502. The van der Waals surface area contributed by atoms with Crippen molar-refractivity contribution in [3.8, 4) is 0 Å². The number of hydrogen-bond acceptors (Lipinski definition) is 1. The van der Waals surface area contributed by atoms with Gasteiger partial charge in [0.1, 0.15) is 0 Å². The van der Waals surface area contributed by atoms with Gasteiger partial charge in [0, 0.05) is 5.54 Å². The topological polar surface area (TPSA) is 40.5 Å². The molecule has 0 bridgehead atoms. The Morgan fingerprint density at radius 3 is 2.42 bits per heavy atom. The van der Waals surface area contributed by atoms with Crippen LogP contribution in [0.3, 0.4) is 0 Å². The van der Waals surface area contributed by atoms with Crippen molar-refractivity contribution in [2.75, 3.05) is 0 Å². The Kier molecular flexibility index (Phi) is 4.85. The number of rotatable bonds is 2. The number of nitrogens with zero attached hydrogens (tertiary/aromatic N) is 1. The first-order valence-corrected chi connectivity index (χ1v) is 6.90. The number of halogens is 3. The largest absolute Gasteiger partial charge is 0.465 e. The third-order valence-corrected chi connectivity index (χ3v) is 3.83. The van der Waals surface area contributed by atoms with Gasteiger partial charge in [-0.3, -0.25) is 4.90 Å². The third-order valence-electron chi connectivity index (χ3n) is 2.83. The van der Waals surface area contributed by atoms with Gasteiger partial charge < -0.3 is 5.11 Å². The van der Waals surface area contributed by atoms with E-state index in [1.54, 1.807) is 33.8 Å². The molecule has 1 aromatic rings. The molecule has 0 saturated heterocycles. The molecule has 0 aliphatic heterocycles. The highest BCUT2D eigenvalue weighted by Gasteiger charge is 2.33. The summed E-state index contributed by atoms with van der Waals surface area (Å²) >= 11 is 9.01. The molecule has 1 unspecified atom stereocenters. The van der Waals surface area contributed by atoms with Gasteiger partial charge in [-0.15, -0.1) is 0 Å². The predicted octanol–water partition coefficient (Wildman–Crippen LogP) is 5.08. The summed E-state index contributed by atoms with van der Waals surface area (Å²) in [5.74, 6) is -0.578. The van der Waals surface area contributed by atoms with Crippen LogP contribution in [0.25, 0.3) is 0 Å². The zero-order valence-electron chi connectivity index (χ0n) is 11.2. The molecule has 19 heavy (non-hydrogen) atoms. The van der Waals surface area contributed by atoms with Crippen LogP contribution >= 0.6 is 27.5 Å². The Balaban J connectivity index is 3.29. The third kappa shape index (κ3) is 3.39. The summed E-state index contributed by atoms with van der Waals surface area (Å²) in [6.07, 6.45) is -1.07. The lowest BCUT2D eigenvalue weighted by Crippen LogP contribution is -2.46. The molecule has 0 fully saturated rings. The summed E-state index contributed by atoms with van der Waals surface area (Å²) in [6, 6.07) is 2.60. The van der Waals surface area contributed by atoms with Gasteiger partial charge in [-0.2, -0.15) is 0 Å². The van der Waals surface area contributed by atoms with E-state index in [1.807, 2.05) is 0 Å². The van der Waals surface area contributed by atoms with Crippen molar-refractivity contribution in [2.45, 2.75) is 39.3 Å². The minimum absolute atomic E-state index is 0.0580. The first-order valence-electron chi connectivity index (χ1n) is 5.73. The van der Waals surface area contributed by atoms with Crippen LogP contribution in [-0.2, 0) is 0 Å². The van der Waals surface area contributed by atoms with Crippen molar-refractivity contribution >= 4 is 33.6 Å². The number of carbonyl (C=O) groups is 1. The Morgan fingerprint density at radius 2 is 2.00 bits per heavy atom. The molecule has 0 aromatic heterocycles. The maximum atomic E-state index is 13.8. The smallest absolute Gasteiger partial charge is 0.408 e. The van der Waals surface area contributed by atoms with Gasteiger partial charge in [-0.25, -0.2) is 9.18 Å². The van der Waals surface area contributed by atoms with E-state index in [0.717, 1.165) is 0 Å². The zero-order valence-corrected chi connectivity index (χ0v) is 13.5. The van der Waals surface area contributed by atoms with Crippen LogP contribution in [-0.4, -0.2) is 21.6 Å². The van der Waals surface area contributed by atoms with Crippen LogP contribution in [0, 0.1) is 5.82 Å². The summed E-state index contributed by atoms with van der Waals surface area (Å²) in [7, 11) is 0. The number of amides is 1. The highest BCUT2D eigenvalue weighted by atomic mass is 79.9. The molecule has 3 nitrogen and oxygen atoms in total. The van der Waals surface area contributed by atoms with Crippen molar-refractivity contribution in [1.82, 2.24) is 4.90 Å². The number of benzene rings is 1. The lowest BCUT2D eigenvalue weighted by molar-refractivity contribution is 0.0752. The summed E-state index contributed by atoms with van der Waals surface area (Å²) in [6.45, 7) is 7.02. The van der Waals surface area contributed by atoms with Crippen LogP contribution in [0.4, 0.5) is 9.18 Å². The highest BCUT2D eigenvalue weighted by molar-refractivity contribution is 9.10. The van der Waals surface area contributed by atoms with Gasteiger partial charge in [0.05, 0.1) is 15.5 Å². The molecule has 0 aliphatic rings. The molecule has 106 valence electrons. The second-order valence-electron chi connectivity index (χ2n) is 5.26. The van der Waals surface area contributed by atoms with Crippen molar-refractivity contribution in [2.24, 2.45) is 0 Å². The van der Waals surface area contributed by atoms with Gasteiger partial charge in [-0.1, -0.05) is 17.7 Å². The van der Waals surface area contributed by atoms with Gasteiger partial charge in [0.25, 0.3) is 0 Å². The summed E-state index contributed by atoms with van der Waals surface area (Å²) < 4.78 is 14.0. The normalized spacial score (nSPS) is 13.2. The van der Waals surface area contributed by atoms with Crippen LogP contribution in [0.1, 0.15) is 39.3 Å². The Hall–Kier alpha value is -0.810. The van der Waals surface area contributed by atoms with Crippen molar-refractivity contribution in [3.63, 3.8) is 0 Å². The molecule has 1 atom stereocenters. The zero-order chi connectivity index (χ0) is 15.0. The maximum Gasteiger partial charge on any atom is 0.408 e. The summed E-state index contributed by atoms with van der Waals surface area (Å²) in [4.78, 5) is 12.7. The molecule has 1 aromatic carbocycles. The van der Waals surface area contributed by atoms with Crippen molar-refractivity contribution < 1.29 is 14.3 Å². The summed E-state index contributed by atoms with van der Waals surface area (Å²) in [5, 5.41) is 9.28. The van der Waals surface area contributed by atoms with E-state index in [9.17, 15) is 14.3 Å². The van der Waals surface area contributed by atoms with Gasteiger partial charge in [0.2, 0.25) is 0 Å². The maximum absolute atomic E-state index is 13.8. The van der Waals surface area contributed by atoms with Crippen LogP contribution in [0.5, 0.6) is 0 Å². The minimum Gasteiger partial charge on any atom is -0.465 e. The van der Waals surface area contributed by atoms with Gasteiger partial charge >= 0.3 is 6.09 Å². The highest BCUT2D eigenvalue weighted by Crippen LogP contribution is 2.35. The molecule has 0 spiro atoms. The molecule has 1 amide bonds. The van der Waals surface area contributed by atoms with E-state index < -0.39 is 23.5 Å². The van der Waals surface area contributed by atoms with Crippen molar-refractivity contribution in [1.29, 1.82) is 0 Å². The Morgan fingerprint density at radius 1 is 1.47 bits per heavy atom. The second kappa shape index (κ2) is 5.67. The van der Waals surface area contributed by atoms with E-state index in [0.29, 0.717) is 5.56 Å². The van der Waals surface area contributed by atoms with E-state index >= 15 is 0 Å². The standard InChI is InChI=1S/C13H16BrClFNO2/c1-7(17(12(18)19)13(2,3)4)8-5-6-9(14)11(16)10(8)15/h5-7H,1-4H3,(H,18,19). The van der Waals surface area contributed by atoms with Crippen molar-refractivity contribution in [3.05, 3.63) is 33.0 Å². The molecular weight excluding hydrogens is 337 g/mol. The van der Waals surface area contributed by atoms with E-state index in [2.05, 4.69) is 15.9 Å². The molecule has 1 rings (SSSR count). The van der Waals surface area contributed by atoms with Gasteiger partial charge in [0.15, 0.2) is 5.82 Å². The first kappa shape index (κ1) is 16.2. The number of hydrogen-bond donors (Lipinski definition) is 1. The first-order chi connectivity index (χ1) is 8.57. The molecule has 1 N–H and O–H groups in total. The fraction of sp³-hybridized carbons (Fsp3) is 0.462. The monoisotopic (exact) mass is 351 g/mol. The molecule has 0 heterocycles. The van der Waals surface area contributed by atoms with Crippen LogP contribution in [0.15, 0.2) is 16.6 Å². The molecule has 0 aliphatic carbocycles. The van der Waals surface area contributed by atoms with Crippen LogP contribution in [0.2, 0.25) is 5.02 Å². The second-order valence-corrected chi connectivity index (χ2v) is 6.50. The molecular formula is C13H16BrClFNO2. The molecule has 0 saturated carbocycles. The van der Waals surface area contributed by atoms with Gasteiger partial charge in [-0.05, 0) is 55.3 Å². The fourth-order valence-electron chi connectivity index (χ4n) is 2.04. The molecule has 0 radical (unpaired) electrons. The van der Waals surface area contributed by atoms with Crippen LogP contribution < -0.4 is 0 Å². The predicted molar refractivity (Wildman–Crippen MR) is 77.1 cm³/mol. The van der Waals surface area contributed by atoms with E-state index in [4.69, 9.17) is 11.6 Å². The fourth-order valence-corrected chi connectivity index (χ4v) is 2.80. The summed E-state index contributed by atoms with van der Waals surface area (Å²) in [5.41, 5.74) is -0.169. The average Bonchev–Trinajstić information content (AvgIpc) is 2.23. The molecule has 6 heteroatoms. The quantitative estimate of drug-likeness (QED) is 0.754. The van der Waals surface area contributed by atoms with E-state index in [-0.39, 0.29) is 9.50 Å².